The minimum absolute atomic E-state index is 0.137. The lowest BCUT2D eigenvalue weighted by Crippen LogP contribution is -2.39. The highest BCUT2D eigenvalue weighted by Gasteiger charge is 2.18. The molecule has 1 aromatic heterocycles. The summed E-state index contributed by atoms with van der Waals surface area (Å²) < 4.78 is 12.3. The van der Waals surface area contributed by atoms with E-state index in [1.807, 2.05) is 0 Å². The molecule has 0 fully saturated rings. The number of aldehydes is 1. The first-order valence-electron chi connectivity index (χ1n) is 10.5. The molecule has 1 heterocycles. The Morgan fingerprint density at radius 3 is 2.38 bits per heavy atom. The van der Waals surface area contributed by atoms with Crippen LogP contribution < -0.4 is 10.6 Å². The zero-order valence-electron chi connectivity index (χ0n) is 20.0. The number of rotatable bonds is 10. The molecule has 0 aliphatic rings. The van der Waals surface area contributed by atoms with Gasteiger partial charge in [0.2, 0.25) is 11.9 Å². The van der Waals surface area contributed by atoms with Crippen LogP contribution in [0.5, 0.6) is 0 Å². The molecule has 1 rings (SSSR count). The number of carbonyl (C=O) groups excluding carboxylic acids is 3. The maximum absolute atomic E-state index is 11.9. The van der Waals surface area contributed by atoms with Gasteiger partial charge in [0.25, 0.3) is 0 Å². The third-order valence-electron chi connectivity index (χ3n) is 4.11. The minimum atomic E-state index is -0.312. The maximum atomic E-state index is 11.9. The number of hydrogen-bond acceptors (Lipinski definition) is 8. The van der Waals surface area contributed by atoms with E-state index in [2.05, 4.69) is 20.6 Å². The molecular formula is C21H37N5O6. The van der Waals surface area contributed by atoms with Gasteiger partial charge in [-0.15, -0.1) is 0 Å². The maximum Gasteiger partial charge on any atom is 0.308 e. The van der Waals surface area contributed by atoms with Gasteiger partial charge in [-0.3, -0.25) is 24.7 Å². The van der Waals surface area contributed by atoms with Crippen LogP contribution in [-0.2, 0) is 25.6 Å². The monoisotopic (exact) mass is 455 g/mol. The number of aliphatic hydroxyl groups is 1. The highest BCUT2D eigenvalue weighted by Crippen LogP contribution is 2.15. The molecule has 0 aliphatic heterocycles. The summed E-state index contributed by atoms with van der Waals surface area (Å²) in [4.78, 5) is 43.0. The smallest absolute Gasteiger partial charge is 0.308 e. The standard InChI is InChI=1S/C19H31N5O5.C2H6O/c1-12(2)17(26)23-19(20-5)22-16-15(9-25)21-11-24(16)8-7-14(28-6)10-29-18(27)13(3)4;1-2-3/h9,11-14H,7-8,10H2,1-6H3,(H2,20,22,23,26);3H,2H2,1H3. The van der Waals surface area contributed by atoms with Gasteiger partial charge in [-0.2, -0.15) is 0 Å². The number of anilines is 1. The molecule has 0 radical (unpaired) electrons. The van der Waals surface area contributed by atoms with Crippen LogP contribution in [0.1, 0.15) is 51.5 Å². The van der Waals surface area contributed by atoms with Gasteiger partial charge in [-0.05, 0) is 13.3 Å². The van der Waals surface area contributed by atoms with Crippen molar-refractivity contribution in [3.8, 4) is 0 Å². The van der Waals surface area contributed by atoms with E-state index in [4.69, 9.17) is 14.6 Å². The first-order chi connectivity index (χ1) is 15.1. The van der Waals surface area contributed by atoms with E-state index in [0.717, 1.165) is 0 Å². The van der Waals surface area contributed by atoms with Gasteiger partial charge in [-0.1, -0.05) is 27.7 Å². The number of guanidine groups is 1. The van der Waals surface area contributed by atoms with Crippen molar-refractivity contribution in [3.63, 3.8) is 0 Å². The summed E-state index contributed by atoms with van der Waals surface area (Å²) in [5, 5.41) is 13.2. The molecule has 3 N–H and O–H groups in total. The Morgan fingerprint density at radius 2 is 1.91 bits per heavy atom. The zero-order chi connectivity index (χ0) is 24.7. The summed E-state index contributed by atoms with van der Waals surface area (Å²) in [5.41, 5.74) is 0.185. The summed E-state index contributed by atoms with van der Waals surface area (Å²) in [6.45, 7) is 9.56. The Kier molecular flexibility index (Phi) is 14.5. The first kappa shape index (κ1) is 29.2. The number of carbonyl (C=O) groups is 3. The summed E-state index contributed by atoms with van der Waals surface area (Å²) in [5.74, 6) is -0.311. The third-order valence-corrected chi connectivity index (χ3v) is 4.11. The number of nitrogens with one attached hydrogen (secondary N) is 2. The Labute approximate surface area is 189 Å². The predicted molar refractivity (Wildman–Crippen MR) is 122 cm³/mol. The van der Waals surface area contributed by atoms with Gasteiger partial charge in [0.05, 0.1) is 18.3 Å². The molecule has 0 spiro atoms. The molecule has 11 nitrogen and oxygen atoms in total. The van der Waals surface area contributed by atoms with Crippen molar-refractivity contribution in [1.82, 2.24) is 14.9 Å². The van der Waals surface area contributed by atoms with Crippen molar-refractivity contribution < 1.29 is 29.0 Å². The van der Waals surface area contributed by atoms with Crippen LogP contribution in [0.15, 0.2) is 11.3 Å². The number of aliphatic imine (C=N–C) groups is 1. The number of aliphatic hydroxyl groups excluding tert-OH is 1. The van der Waals surface area contributed by atoms with E-state index < -0.39 is 0 Å². The van der Waals surface area contributed by atoms with E-state index in [9.17, 15) is 14.4 Å². The quantitative estimate of drug-likeness (QED) is 0.208. The van der Waals surface area contributed by atoms with Crippen LogP contribution in [0.3, 0.4) is 0 Å². The molecule has 32 heavy (non-hydrogen) atoms. The number of methoxy groups -OCH3 is 1. The fourth-order valence-corrected chi connectivity index (χ4v) is 2.20. The number of esters is 1. The molecule has 0 aromatic carbocycles. The van der Waals surface area contributed by atoms with Crippen LogP contribution in [0.2, 0.25) is 0 Å². The summed E-state index contributed by atoms with van der Waals surface area (Å²) >= 11 is 0. The van der Waals surface area contributed by atoms with Crippen LogP contribution in [0, 0.1) is 11.8 Å². The van der Waals surface area contributed by atoms with Gasteiger partial charge >= 0.3 is 5.97 Å². The zero-order valence-corrected chi connectivity index (χ0v) is 20.0. The van der Waals surface area contributed by atoms with E-state index >= 15 is 0 Å². The lowest BCUT2D eigenvalue weighted by molar-refractivity contribution is -0.151. The fraction of sp³-hybridized carbons (Fsp3) is 0.667. The van der Waals surface area contributed by atoms with Gasteiger partial charge in [-0.25, -0.2) is 4.98 Å². The molecule has 0 aliphatic carbocycles. The number of ether oxygens (including phenoxy) is 2. The molecule has 11 heteroatoms. The summed E-state index contributed by atoms with van der Waals surface area (Å²) in [6, 6.07) is 0. The van der Waals surface area contributed by atoms with Crippen molar-refractivity contribution in [2.24, 2.45) is 16.8 Å². The van der Waals surface area contributed by atoms with E-state index in [-0.39, 0.29) is 54.7 Å². The highest BCUT2D eigenvalue weighted by molar-refractivity contribution is 6.05. The molecule has 0 saturated heterocycles. The second kappa shape index (κ2) is 15.9. The number of aryl methyl sites for hydroxylation is 1. The first-order valence-corrected chi connectivity index (χ1v) is 10.5. The van der Waals surface area contributed by atoms with Crippen LogP contribution in [0.4, 0.5) is 5.82 Å². The molecule has 1 amide bonds. The number of amides is 1. The van der Waals surface area contributed by atoms with Crippen LogP contribution >= 0.6 is 0 Å². The topological polar surface area (TPSA) is 144 Å². The minimum Gasteiger partial charge on any atom is -0.463 e. The number of nitrogens with zero attached hydrogens (tertiary/aromatic N) is 3. The molecule has 1 unspecified atom stereocenters. The van der Waals surface area contributed by atoms with Crippen molar-refractivity contribution in [2.75, 3.05) is 32.7 Å². The Morgan fingerprint density at radius 1 is 1.28 bits per heavy atom. The van der Waals surface area contributed by atoms with Crippen molar-refractivity contribution in [1.29, 1.82) is 0 Å². The van der Waals surface area contributed by atoms with Crippen LogP contribution in [0.25, 0.3) is 0 Å². The molecular weight excluding hydrogens is 418 g/mol. The average molecular weight is 456 g/mol. The third kappa shape index (κ3) is 10.5. The van der Waals surface area contributed by atoms with Crippen LogP contribution in [-0.4, -0.2) is 72.3 Å². The summed E-state index contributed by atoms with van der Waals surface area (Å²) in [7, 11) is 3.06. The molecule has 1 atom stereocenters. The normalized spacial score (nSPS) is 12.1. The Balaban J connectivity index is 0.00000302. The molecule has 182 valence electrons. The predicted octanol–water partition coefficient (Wildman–Crippen LogP) is 1.47. The van der Waals surface area contributed by atoms with Gasteiger partial charge in [0, 0.05) is 33.2 Å². The van der Waals surface area contributed by atoms with E-state index in [1.54, 1.807) is 46.3 Å². The lowest BCUT2D eigenvalue weighted by atomic mass is 10.2. The number of imidazole rings is 1. The fourth-order valence-electron chi connectivity index (χ4n) is 2.20. The van der Waals surface area contributed by atoms with Gasteiger partial charge < -0.3 is 24.5 Å². The van der Waals surface area contributed by atoms with Gasteiger partial charge in [0.1, 0.15) is 18.1 Å². The van der Waals surface area contributed by atoms with Gasteiger partial charge in [0.15, 0.2) is 6.29 Å². The van der Waals surface area contributed by atoms with E-state index in [0.29, 0.717) is 25.1 Å². The Bertz CT molecular complexity index is 745. The van der Waals surface area contributed by atoms with E-state index in [1.165, 1.54) is 13.4 Å². The second-order valence-electron chi connectivity index (χ2n) is 7.38. The number of aromatic nitrogens is 2. The SMILES string of the molecule is CCO.CN=C(NC(=O)C(C)C)Nc1c(C=O)ncn1CCC(COC(=O)C(C)C)OC. The summed E-state index contributed by atoms with van der Waals surface area (Å²) in [6.07, 6.45) is 2.33. The van der Waals surface area contributed by atoms with Crippen molar-refractivity contribution >= 4 is 29.9 Å². The Hall–Kier alpha value is -2.79. The second-order valence-corrected chi connectivity index (χ2v) is 7.38. The number of hydrogen-bond donors (Lipinski definition) is 3. The highest BCUT2D eigenvalue weighted by atomic mass is 16.6. The van der Waals surface area contributed by atoms with Crippen molar-refractivity contribution in [2.45, 2.75) is 53.7 Å². The lowest BCUT2D eigenvalue weighted by Gasteiger charge is -2.18. The molecule has 1 aromatic rings. The average Bonchev–Trinajstić information content (AvgIpc) is 3.14. The molecule has 0 bridgehead atoms. The van der Waals surface area contributed by atoms with Crippen molar-refractivity contribution in [3.05, 3.63) is 12.0 Å². The molecule has 0 saturated carbocycles. The largest absolute Gasteiger partial charge is 0.463 e.